The van der Waals surface area contributed by atoms with Crippen molar-refractivity contribution >= 4 is 6.03 Å². The molecular weight excluding hydrogens is 250 g/mol. The maximum absolute atomic E-state index is 11.9. The third-order valence-electron chi connectivity index (χ3n) is 3.89. The van der Waals surface area contributed by atoms with Gasteiger partial charge in [0.2, 0.25) is 0 Å². The van der Waals surface area contributed by atoms with Crippen molar-refractivity contribution in [3.63, 3.8) is 0 Å². The number of aryl methyl sites for hydroxylation is 3. The molecule has 0 radical (unpaired) electrons. The van der Waals surface area contributed by atoms with Gasteiger partial charge in [0.05, 0.1) is 0 Å². The molecule has 2 amide bonds. The van der Waals surface area contributed by atoms with E-state index in [2.05, 4.69) is 42.7 Å². The number of carbonyl (C=O) groups is 1. The Morgan fingerprint density at radius 3 is 2.70 bits per heavy atom. The zero-order valence-electron chi connectivity index (χ0n) is 12.5. The molecule has 110 valence electrons. The molecule has 0 spiro atoms. The number of nitrogens with zero attached hydrogens (tertiary/aromatic N) is 1. The molecule has 1 aromatic rings. The van der Waals surface area contributed by atoms with Crippen LogP contribution >= 0.6 is 0 Å². The Labute approximate surface area is 121 Å². The fraction of sp³-hybridized carbons (Fsp3) is 0.562. The second-order valence-corrected chi connectivity index (χ2v) is 5.49. The minimum Gasteiger partial charge on any atom is -0.338 e. The van der Waals surface area contributed by atoms with Crippen LogP contribution in [0.5, 0.6) is 0 Å². The SMILES string of the molecule is Cc1ccc(CCCNC(=O)N2CCNCC2)cc1C. The number of carbonyl (C=O) groups excluding carboxylic acids is 1. The van der Waals surface area contributed by atoms with E-state index in [9.17, 15) is 4.79 Å². The first-order valence-electron chi connectivity index (χ1n) is 7.46. The van der Waals surface area contributed by atoms with E-state index in [4.69, 9.17) is 0 Å². The summed E-state index contributed by atoms with van der Waals surface area (Å²) in [5.41, 5.74) is 4.03. The standard InChI is InChI=1S/C16H25N3O/c1-13-5-6-15(12-14(13)2)4-3-7-18-16(20)19-10-8-17-9-11-19/h5-6,12,17H,3-4,7-11H2,1-2H3,(H,18,20). The molecule has 1 aliphatic rings. The Morgan fingerprint density at radius 1 is 1.25 bits per heavy atom. The molecule has 1 aromatic carbocycles. The third-order valence-corrected chi connectivity index (χ3v) is 3.89. The van der Waals surface area contributed by atoms with Crippen molar-refractivity contribution in [2.24, 2.45) is 0 Å². The summed E-state index contributed by atoms with van der Waals surface area (Å²) in [5.74, 6) is 0. The second-order valence-electron chi connectivity index (χ2n) is 5.49. The number of rotatable bonds is 4. The van der Waals surface area contributed by atoms with Crippen molar-refractivity contribution in [2.45, 2.75) is 26.7 Å². The van der Waals surface area contributed by atoms with Gasteiger partial charge in [0, 0.05) is 32.7 Å². The van der Waals surface area contributed by atoms with E-state index >= 15 is 0 Å². The van der Waals surface area contributed by atoms with Crippen LogP contribution in [0.3, 0.4) is 0 Å². The zero-order chi connectivity index (χ0) is 14.4. The van der Waals surface area contributed by atoms with Crippen LogP contribution in [0.15, 0.2) is 18.2 Å². The van der Waals surface area contributed by atoms with Gasteiger partial charge >= 0.3 is 6.03 Å². The van der Waals surface area contributed by atoms with Gasteiger partial charge in [-0.2, -0.15) is 0 Å². The largest absolute Gasteiger partial charge is 0.338 e. The van der Waals surface area contributed by atoms with Gasteiger partial charge in [0.25, 0.3) is 0 Å². The lowest BCUT2D eigenvalue weighted by atomic mass is 10.0. The van der Waals surface area contributed by atoms with E-state index in [0.717, 1.165) is 45.6 Å². The Balaban J connectivity index is 1.68. The summed E-state index contributed by atoms with van der Waals surface area (Å²) in [4.78, 5) is 13.8. The van der Waals surface area contributed by atoms with E-state index in [1.54, 1.807) is 0 Å². The number of hydrogen-bond acceptors (Lipinski definition) is 2. The molecule has 4 nitrogen and oxygen atoms in total. The highest BCUT2D eigenvalue weighted by molar-refractivity contribution is 5.74. The highest BCUT2D eigenvalue weighted by Gasteiger charge is 2.14. The van der Waals surface area contributed by atoms with Crippen LogP contribution in [0.4, 0.5) is 4.79 Å². The predicted molar refractivity (Wildman–Crippen MR) is 82.1 cm³/mol. The lowest BCUT2D eigenvalue weighted by Gasteiger charge is -2.27. The molecule has 1 aliphatic heterocycles. The summed E-state index contributed by atoms with van der Waals surface area (Å²) in [5, 5.41) is 6.25. The molecule has 1 heterocycles. The van der Waals surface area contributed by atoms with Gasteiger partial charge < -0.3 is 15.5 Å². The van der Waals surface area contributed by atoms with Crippen LogP contribution in [0.25, 0.3) is 0 Å². The van der Waals surface area contributed by atoms with Crippen LogP contribution in [0, 0.1) is 13.8 Å². The molecule has 1 fully saturated rings. The molecular formula is C16H25N3O. The van der Waals surface area contributed by atoms with Crippen molar-refractivity contribution in [3.05, 3.63) is 34.9 Å². The van der Waals surface area contributed by atoms with Gasteiger partial charge in [-0.1, -0.05) is 18.2 Å². The van der Waals surface area contributed by atoms with Crippen LogP contribution in [0.1, 0.15) is 23.1 Å². The van der Waals surface area contributed by atoms with Crippen LogP contribution in [-0.4, -0.2) is 43.7 Å². The van der Waals surface area contributed by atoms with Gasteiger partial charge in [0.1, 0.15) is 0 Å². The Bertz CT molecular complexity index is 453. The molecule has 20 heavy (non-hydrogen) atoms. The fourth-order valence-corrected chi connectivity index (χ4v) is 2.43. The normalized spacial score (nSPS) is 15.2. The van der Waals surface area contributed by atoms with Crippen LogP contribution in [-0.2, 0) is 6.42 Å². The summed E-state index contributed by atoms with van der Waals surface area (Å²) in [7, 11) is 0. The van der Waals surface area contributed by atoms with Crippen LogP contribution < -0.4 is 10.6 Å². The van der Waals surface area contributed by atoms with E-state index in [1.165, 1.54) is 16.7 Å². The van der Waals surface area contributed by atoms with Crippen molar-refractivity contribution in [1.29, 1.82) is 0 Å². The maximum Gasteiger partial charge on any atom is 0.317 e. The Morgan fingerprint density at radius 2 is 2.00 bits per heavy atom. The lowest BCUT2D eigenvalue weighted by molar-refractivity contribution is 0.190. The summed E-state index contributed by atoms with van der Waals surface area (Å²) in [6.45, 7) is 8.44. The molecule has 0 aromatic heterocycles. The second kappa shape index (κ2) is 7.29. The maximum atomic E-state index is 11.9. The van der Waals surface area contributed by atoms with Gasteiger partial charge in [-0.25, -0.2) is 4.79 Å². The summed E-state index contributed by atoms with van der Waals surface area (Å²) in [6.07, 6.45) is 2.00. The first kappa shape index (κ1) is 14.9. The fourth-order valence-electron chi connectivity index (χ4n) is 2.43. The van der Waals surface area contributed by atoms with Crippen molar-refractivity contribution in [3.8, 4) is 0 Å². The van der Waals surface area contributed by atoms with Crippen molar-refractivity contribution in [1.82, 2.24) is 15.5 Å². The highest BCUT2D eigenvalue weighted by atomic mass is 16.2. The molecule has 0 saturated carbocycles. The van der Waals surface area contributed by atoms with Crippen molar-refractivity contribution in [2.75, 3.05) is 32.7 Å². The summed E-state index contributed by atoms with van der Waals surface area (Å²) in [6, 6.07) is 6.67. The molecule has 1 saturated heterocycles. The minimum atomic E-state index is 0.0755. The number of urea groups is 1. The Hall–Kier alpha value is -1.55. The number of nitrogens with one attached hydrogen (secondary N) is 2. The summed E-state index contributed by atoms with van der Waals surface area (Å²) >= 11 is 0. The number of piperazine rings is 1. The molecule has 0 atom stereocenters. The van der Waals surface area contributed by atoms with E-state index in [0.29, 0.717) is 0 Å². The molecule has 0 unspecified atom stereocenters. The van der Waals surface area contributed by atoms with Gasteiger partial charge in [-0.15, -0.1) is 0 Å². The minimum absolute atomic E-state index is 0.0755. The highest BCUT2D eigenvalue weighted by Crippen LogP contribution is 2.11. The molecule has 0 aliphatic carbocycles. The third kappa shape index (κ3) is 4.23. The predicted octanol–water partition coefficient (Wildman–Crippen LogP) is 1.85. The smallest absolute Gasteiger partial charge is 0.317 e. The van der Waals surface area contributed by atoms with Gasteiger partial charge in [-0.05, 0) is 43.4 Å². The van der Waals surface area contributed by atoms with Crippen molar-refractivity contribution < 1.29 is 4.79 Å². The number of hydrogen-bond donors (Lipinski definition) is 2. The first-order chi connectivity index (χ1) is 9.66. The zero-order valence-corrected chi connectivity index (χ0v) is 12.5. The average Bonchev–Trinajstić information content (AvgIpc) is 2.48. The van der Waals surface area contributed by atoms with Gasteiger partial charge in [-0.3, -0.25) is 0 Å². The monoisotopic (exact) mass is 275 g/mol. The molecule has 4 heteroatoms. The molecule has 0 bridgehead atoms. The molecule has 2 rings (SSSR count). The average molecular weight is 275 g/mol. The topological polar surface area (TPSA) is 44.4 Å². The van der Waals surface area contributed by atoms with E-state index < -0.39 is 0 Å². The number of benzene rings is 1. The number of amides is 2. The first-order valence-corrected chi connectivity index (χ1v) is 7.46. The lowest BCUT2D eigenvalue weighted by Crippen LogP contribution is -2.50. The van der Waals surface area contributed by atoms with Crippen LogP contribution in [0.2, 0.25) is 0 Å². The van der Waals surface area contributed by atoms with E-state index in [-0.39, 0.29) is 6.03 Å². The molecule has 2 N–H and O–H groups in total. The van der Waals surface area contributed by atoms with E-state index in [1.807, 2.05) is 4.90 Å². The Kier molecular flexibility index (Phi) is 5.41. The summed E-state index contributed by atoms with van der Waals surface area (Å²) < 4.78 is 0. The quantitative estimate of drug-likeness (QED) is 0.824. The van der Waals surface area contributed by atoms with Gasteiger partial charge in [0.15, 0.2) is 0 Å².